The van der Waals surface area contributed by atoms with Crippen LogP contribution in [-0.2, 0) is 13.3 Å². The van der Waals surface area contributed by atoms with E-state index in [1.807, 2.05) is 20.8 Å². The molecule has 0 saturated carbocycles. The van der Waals surface area contributed by atoms with Crippen LogP contribution in [0, 0.1) is 0 Å². The van der Waals surface area contributed by atoms with Gasteiger partial charge in [0.05, 0.1) is 0 Å². The van der Waals surface area contributed by atoms with Gasteiger partial charge in [-0.1, -0.05) is 13.3 Å². The summed E-state index contributed by atoms with van der Waals surface area (Å²) in [4.78, 5) is 14.0. The van der Waals surface area contributed by atoms with Crippen LogP contribution in [0.5, 0.6) is 0 Å². The monoisotopic (exact) mass is 363 g/mol. The first kappa shape index (κ1) is 23.3. The first-order valence-electron chi connectivity index (χ1n) is 9.23. The number of hydrogen-bond acceptors (Lipinski definition) is 5. The van der Waals surface area contributed by atoms with Gasteiger partial charge in [-0.05, 0) is 33.6 Å². The van der Waals surface area contributed by atoms with Gasteiger partial charge < -0.3 is 29.2 Å². The van der Waals surface area contributed by atoms with Crippen molar-refractivity contribution in [1.82, 2.24) is 10.2 Å². The molecule has 24 heavy (non-hydrogen) atoms. The van der Waals surface area contributed by atoms with Gasteiger partial charge in [-0.25, -0.2) is 4.79 Å². The van der Waals surface area contributed by atoms with Crippen LogP contribution in [0.25, 0.3) is 0 Å². The molecule has 0 rings (SSSR count). The van der Waals surface area contributed by atoms with Crippen LogP contribution in [0.3, 0.4) is 0 Å². The lowest BCUT2D eigenvalue weighted by molar-refractivity contribution is 0.0701. The van der Waals surface area contributed by atoms with Crippen molar-refractivity contribution >= 4 is 14.8 Å². The minimum absolute atomic E-state index is 0.0506. The number of carbonyl (C=O) groups is 1. The zero-order valence-electron chi connectivity index (χ0n) is 15.9. The van der Waals surface area contributed by atoms with Crippen LogP contribution in [-0.4, -0.2) is 65.7 Å². The van der Waals surface area contributed by atoms with E-state index in [2.05, 4.69) is 12.2 Å². The number of amides is 2. The molecule has 0 atom stereocenters. The molecule has 0 aromatic heterocycles. The lowest BCUT2D eigenvalue weighted by atomic mass is 10.3. The van der Waals surface area contributed by atoms with Gasteiger partial charge in [0.2, 0.25) is 0 Å². The predicted octanol–water partition coefficient (Wildman–Crippen LogP) is 2.20. The summed E-state index contributed by atoms with van der Waals surface area (Å²) in [6.45, 7) is 12.0. The highest BCUT2D eigenvalue weighted by Crippen LogP contribution is 2.18. The van der Waals surface area contributed by atoms with Gasteiger partial charge in [-0.3, -0.25) is 0 Å². The molecule has 144 valence electrons. The van der Waals surface area contributed by atoms with E-state index in [0.29, 0.717) is 52.0 Å². The zero-order valence-corrected chi connectivity index (χ0v) is 16.9. The Labute approximate surface area is 148 Å². The van der Waals surface area contributed by atoms with Crippen LogP contribution in [0.15, 0.2) is 0 Å². The van der Waals surface area contributed by atoms with Crippen molar-refractivity contribution in [2.75, 3.05) is 46.0 Å². The van der Waals surface area contributed by atoms with Crippen LogP contribution in [0.1, 0.15) is 47.0 Å². The second kappa shape index (κ2) is 14.7. The second-order valence-electron chi connectivity index (χ2n) is 5.45. The summed E-state index contributed by atoms with van der Waals surface area (Å²) in [5.74, 6) is 0. The fourth-order valence-electron chi connectivity index (χ4n) is 2.44. The van der Waals surface area contributed by atoms with Gasteiger partial charge in [0.1, 0.15) is 0 Å². The van der Waals surface area contributed by atoms with E-state index in [1.165, 1.54) is 0 Å². The maximum Gasteiger partial charge on any atom is 0.500 e. The number of nitrogens with one attached hydrogen (secondary N) is 1. The predicted molar refractivity (Wildman–Crippen MR) is 99.0 cm³/mol. The van der Waals surface area contributed by atoms with Gasteiger partial charge in [-0.15, -0.1) is 0 Å². The molecule has 8 heteroatoms. The highest BCUT2D eigenvalue weighted by Gasteiger charge is 2.39. The van der Waals surface area contributed by atoms with E-state index in [1.54, 1.807) is 4.90 Å². The molecule has 0 bridgehead atoms. The van der Waals surface area contributed by atoms with Gasteiger partial charge in [-0.2, -0.15) is 0 Å². The Morgan fingerprint density at radius 2 is 1.58 bits per heavy atom. The molecular weight excluding hydrogens is 326 g/mol. The summed E-state index contributed by atoms with van der Waals surface area (Å²) >= 11 is 0. The van der Waals surface area contributed by atoms with Crippen molar-refractivity contribution in [3.05, 3.63) is 0 Å². The number of nitrogens with zero attached hydrogens (tertiary/aromatic N) is 1. The van der Waals surface area contributed by atoms with Gasteiger partial charge in [0.15, 0.2) is 0 Å². The first-order chi connectivity index (χ1) is 11.6. The Morgan fingerprint density at radius 1 is 1.00 bits per heavy atom. The third kappa shape index (κ3) is 9.58. The lowest BCUT2D eigenvalue weighted by Gasteiger charge is -2.29. The number of carbonyl (C=O) groups excluding carboxylic acids is 1. The van der Waals surface area contributed by atoms with Gasteiger partial charge in [0.25, 0.3) is 0 Å². The van der Waals surface area contributed by atoms with Gasteiger partial charge >= 0.3 is 14.8 Å². The normalized spacial score (nSPS) is 11.5. The van der Waals surface area contributed by atoms with Crippen molar-refractivity contribution in [3.63, 3.8) is 0 Å². The molecule has 0 aromatic rings. The Morgan fingerprint density at radius 3 is 2.04 bits per heavy atom. The maximum atomic E-state index is 12.2. The molecule has 0 unspecified atom stereocenters. The molecule has 0 radical (unpaired) electrons. The summed E-state index contributed by atoms with van der Waals surface area (Å²) in [5, 5.41) is 2.94. The molecule has 0 aliphatic carbocycles. The zero-order chi connectivity index (χ0) is 18.3. The molecule has 2 amide bonds. The van der Waals surface area contributed by atoms with Crippen LogP contribution < -0.4 is 11.1 Å². The molecule has 0 aliphatic heterocycles. The third-order valence-corrected chi connectivity index (χ3v) is 6.65. The van der Waals surface area contributed by atoms with E-state index in [0.717, 1.165) is 19.3 Å². The minimum Gasteiger partial charge on any atom is -0.374 e. The largest absolute Gasteiger partial charge is 0.500 e. The van der Waals surface area contributed by atoms with Crippen LogP contribution >= 0.6 is 0 Å². The van der Waals surface area contributed by atoms with E-state index in [4.69, 9.17) is 19.0 Å². The molecule has 0 aromatic carbocycles. The van der Waals surface area contributed by atoms with Crippen molar-refractivity contribution in [2.45, 2.75) is 53.0 Å². The van der Waals surface area contributed by atoms with Crippen LogP contribution in [0.4, 0.5) is 4.79 Å². The minimum atomic E-state index is -2.64. The number of unbranched alkanes of at least 4 members (excludes halogenated alkanes) is 1. The SMILES string of the molecule is CCCCNC(=O)N(CCN)CCC[Si](OCC)(OCC)OCC. The molecule has 0 fully saturated rings. The average Bonchev–Trinajstić information content (AvgIpc) is 2.55. The van der Waals surface area contributed by atoms with Crippen molar-refractivity contribution in [2.24, 2.45) is 5.73 Å². The number of nitrogens with two attached hydrogens (primary N) is 1. The standard InChI is InChI=1S/C16H37N3O4Si/c1-5-9-12-18-16(20)19(14-11-17)13-10-15-24(21-6-2,22-7-3)23-8-4/h5-15,17H2,1-4H3,(H,18,20). The topological polar surface area (TPSA) is 86.1 Å². The van der Waals surface area contributed by atoms with Gasteiger partial charge in [0, 0.05) is 52.0 Å². The Bertz CT molecular complexity index is 305. The maximum absolute atomic E-state index is 12.2. The van der Waals surface area contributed by atoms with Crippen molar-refractivity contribution < 1.29 is 18.1 Å². The lowest BCUT2D eigenvalue weighted by Crippen LogP contribution is -2.47. The summed E-state index contributed by atoms with van der Waals surface area (Å²) in [7, 11) is -2.64. The Hall–Kier alpha value is -0.673. The van der Waals surface area contributed by atoms with E-state index < -0.39 is 8.80 Å². The number of urea groups is 1. The fourth-order valence-corrected chi connectivity index (χ4v) is 5.04. The van der Waals surface area contributed by atoms with Crippen molar-refractivity contribution in [1.29, 1.82) is 0 Å². The summed E-state index contributed by atoms with van der Waals surface area (Å²) < 4.78 is 17.5. The van der Waals surface area contributed by atoms with Crippen LogP contribution in [0.2, 0.25) is 6.04 Å². The highest BCUT2D eigenvalue weighted by atomic mass is 28.4. The van der Waals surface area contributed by atoms with Crippen molar-refractivity contribution in [3.8, 4) is 0 Å². The fraction of sp³-hybridized carbons (Fsp3) is 0.938. The highest BCUT2D eigenvalue weighted by molar-refractivity contribution is 6.60. The quantitative estimate of drug-likeness (QED) is 0.344. The molecule has 7 nitrogen and oxygen atoms in total. The average molecular weight is 364 g/mol. The smallest absolute Gasteiger partial charge is 0.374 e. The number of rotatable bonds is 15. The number of hydrogen-bond donors (Lipinski definition) is 2. The third-order valence-electron chi connectivity index (χ3n) is 3.50. The summed E-state index contributed by atoms with van der Waals surface area (Å²) in [5.41, 5.74) is 5.64. The molecule has 0 spiro atoms. The molecule has 0 heterocycles. The van der Waals surface area contributed by atoms with E-state index >= 15 is 0 Å². The Kier molecular flexibility index (Phi) is 14.2. The molecule has 0 saturated heterocycles. The second-order valence-corrected chi connectivity index (χ2v) is 8.18. The molecule has 0 aliphatic rings. The first-order valence-corrected chi connectivity index (χ1v) is 11.2. The van der Waals surface area contributed by atoms with E-state index in [-0.39, 0.29) is 6.03 Å². The summed E-state index contributed by atoms with van der Waals surface area (Å²) in [6.07, 6.45) is 2.81. The molecular formula is C16H37N3O4Si. The van der Waals surface area contributed by atoms with E-state index in [9.17, 15) is 4.79 Å². The summed E-state index contributed by atoms with van der Waals surface area (Å²) in [6, 6.07) is 0.650. The molecule has 3 N–H and O–H groups in total. The Balaban J connectivity index is 4.55.